The SMILES string of the molecule is O=C(Nc1nonc1NC(=O)c1cc([N+](=O)[O-])cc([N+](=O)[O-])c1)c1cc([N+](=O)[O-])cc([N+](=O)[O-])c1. The summed E-state index contributed by atoms with van der Waals surface area (Å²) >= 11 is 0. The Hall–Kier alpha value is -5.88. The summed E-state index contributed by atoms with van der Waals surface area (Å²) in [5.41, 5.74) is -4.01. The molecule has 1 aromatic heterocycles. The van der Waals surface area contributed by atoms with Gasteiger partial charge in [0.05, 0.1) is 43.0 Å². The molecular formula is C16H8N8O11. The molecule has 0 saturated carbocycles. The van der Waals surface area contributed by atoms with E-state index in [2.05, 4.69) is 25.6 Å². The molecule has 19 nitrogen and oxygen atoms in total. The maximum atomic E-state index is 12.5. The van der Waals surface area contributed by atoms with Crippen molar-refractivity contribution < 1.29 is 33.9 Å². The number of carbonyl (C=O) groups excluding carboxylic acids is 2. The average Bonchev–Trinajstić information content (AvgIpc) is 3.24. The van der Waals surface area contributed by atoms with Crippen molar-refractivity contribution in [3.05, 3.63) is 88.0 Å². The lowest BCUT2D eigenvalue weighted by molar-refractivity contribution is -0.394. The molecule has 178 valence electrons. The molecule has 2 aromatic carbocycles. The Bertz CT molecular complexity index is 1250. The van der Waals surface area contributed by atoms with Gasteiger partial charge in [-0.15, -0.1) is 0 Å². The van der Waals surface area contributed by atoms with E-state index in [0.29, 0.717) is 12.1 Å². The number of hydrogen-bond donors (Lipinski definition) is 2. The molecule has 1 heterocycles. The van der Waals surface area contributed by atoms with Gasteiger partial charge in [-0.05, 0) is 10.3 Å². The zero-order valence-electron chi connectivity index (χ0n) is 16.6. The number of amides is 2. The van der Waals surface area contributed by atoms with Crippen LogP contribution in [0, 0.1) is 40.5 Å². The minimum absolute atomic E-state index is 0.513. The highest BCUT2D eigenvalue weighted by molar-refractivity contribution is 6.09. The number of hydrogen-bond acceptors (Lipinski definition) is 13. The molecule has 0 aliphatic carbocycles. The number of benzene rings is 2. The quantitative estimate of drug-likeness (QED) is 0.340. The highest BCUT2D eigenvalue weighted by atomic mass is 16.6. The van der Waals surface area contributed by atoms with Crippen LogP contribution in [0.15, 0.2) is 41.0 Å². The van der Waals surface area contributed by atoms with Crippen molar-refractivity contribution in [2.24, 2.45) is 0 Å². The van der Waals surface area contributed by atoms with E-state index in [-0.39, 0.29) is 0 Å². The van der Waals surface area contributed by atoms with Gasteiger partial charge in [-0.2, -0.15) is 0 Å². The molecule has 2 N–H and O–H groups in total. The van der Waals surface area contributed by atoms with Crippen LogP contribution in [0.4, 0.5) is 34.4 Å². The Kier molecular flexibility index (Phi) is 6.33. The molecule has 0 aliphatic rings. The second-order valence-electron chi connectivity index (χ2n) is 6.37. The first-order chi connectivity index (χ1) is 16.5. The molecule has 3 rings (SSSR count). The third kappa shape index (κ3) is 5.31. The van der Waals surface area contributed by atoms with Gasteiger partial charge in [-0.3, -0.25) is 50.0 Å². The van der Waals surface area contributed by atoms with E-state index in [1.165, 1.54) is 0 Å². The maximum absolute atomic E-state index is 12.5. The molecule has 2 amide bonds. The van der Waals surface area contributed by atoms with Gasteiger partial charge in [-0.1, -0.05) is 0 Å². The topological polar surface area (TPSA) is 270 Å². The number of carbonyl (C=O) groups is 2. The molecule has 0 spiro atoms. The maximum Gasteiger partial charge on any atom is 0.277 e. The number of nitrogens with one attached hydrogen (secondary N) is 2. The van der Waals surface area contributed by atoms with Crippen LogP contribution in [0.1, 0.15) is 20.7 Å². The highest BCUT2D eigenvalue weighted by Gasteiger charge is 2.24. The standard InChI is InChI=1S/C16H8N8O11/c25-15(7-1-9(21(27)28)5-10(2-7)22(29)30)17-13-14(20-35-19-13)18-16(26)8-3-11(23(31)32)6-12(4-8)24(33)34/h1-6H,(H,17,19,25)(H,18,20,26). The van der Waals surface area contributed by atoms with Gasteiger partial charge in [0.25, 0.3) is 34.6 Å². The number of nitrogens with zero attached hydrogens (tertiary/aromatic N) is 6. The van der Waals surface area contributed by atoms with Crippen molar-refractivity contribution in [3.63, 3.8) is 0 Å². The van der Waals surface area contributed by atoms with Gasteiger partial charge in [0.1, 0.15) is 0 Å². The molecular weight excluding hydrogens is 480 g/mol. The predicted octanol–water partition coefficient (Wildman–Crippen LogP) is 2.21. The Morgan fingerprint density at radius 1 is 0.600 bits per heavy atom. The van der Waals surface area contributed by atoms with Gasteiger partial charge in [0.2, 0.25) is 11.6 Å². The van der Waals surface area contributed by atoms with Crippen LogP contribution in [0.3, 0.4) is 0 Å². The largest absolute Gasteiger partial charge is 0.300 e. The molecule has 3 aromatic rings. The third-order valence-electron chi connectivity index (χ3n) is 4.13. The van der Waals surface area contributed by atoms with Crippen molar-refractivity contribution in [2.45, 2.75) is 0 Å². The molecule has 0 bridgehead atoms. The van der Waals surface area contributed by atoms with E-state index < -0.39 is 77.0 Å². The van der Waals surface area contributed by atoms with Gasteiger partial charge < -0.3 is 10.6 Å². The van der Waals surface area contributed by atoms with Gasteiger partial charge in [-0.25, -0.2) is 4.63 Å². The van der Waals surface area contributed by atoms with Crippen LogP contribution in [0.2, 0.25) is 0 Å². The first-order valence-electron chi connectivity index (χ1n) is 8.79. The second-order valence-corrected chi connectivity index (χ2v) is 6.37. The number of anilines is 2. The average molecular weight is 488 g/mol. The number of non-ortho nitro benzene ring substituents is 4. The summed E-state index contributed by atoms with van der Waals surface area (Å²) in [4.78, 5) is 65.1. The lowest BCUT2D eigenvalue weighted by Crippen LogP contribution is -2.17. The fraction of sp³-hybridized carbons (Fsp3) is 0. The summed E-state index contributed by atoms with van der Waals surface area (Å²) in [6.07, 6.45) is 0. The van der Waals surface area contributed by atoms with Crippen LogP contribution in [0.25, 0.3) is 0 Å². The molecule has 35 heavy (non-hydrogen) atoms. The molecule has 0 fully saturated rings. The van der Waals surface area contributed by atoms with Crippen LogP contribution < -0.4 is 10.6 Å². The highest BCUT2D eigenvalue weighted by Crippen LogP contribution is 2.26. The molecule has 19 heteroatoms. The minimum atomic E-state index is -1.13. The molecule has 0 saturated heterocycles. The molecule has 0 atom stereocenters. The number of nitro benzene ring substituents is 4. The summed E-state index contributed by atoms with van der Waals surface area (Å²) < 4.78 is 4.40. The lowest BCUT2D eigenvalue weighted by atomic mass is 10.1. The van der Waals surface area contributed by atoms with Crippen LogP contribution in [-0.4, -0.2) is 41.8 Å². The first kappa shape index (κ1) is 23.8. The summed E-state index contributed by atoms with van der Waals surface area (Å²) in [7, 11) is 0. The normalized spacial score (nSPS) is 10.3. The Balaban J connectivity index is 1.87. The van der Waals surface area contributed by atoms with E-state index in [9.17, 15) is 50.0 Å². The zero-order chi connectivity index (χ0) is 25.9. The fourth-order valence-corrected chi connectivity index (χ4v) is 2.59. The Morgan fingerprint density at radius 2 is 0.886 bits per heavy atom. The molecule has 0 unspecified atom stereocenters. The van der Waals surface area contributed by atoms with Crippen LogP contribution in [-0.2, 0) is 0 Å². The lowest BCUT2D eigenvalue weighted by Gasteiger charge is -2.05. The van der Waals surface area contributed by atoms with Crippen LogP contribution >= 0.6 is 0 Å². The van der Waals surface area contributed by atoms with Crippen molar-refractivity contribution in [2.75, 3.05) is 10.6 Å². The van der Waals surface area contributed by atoms with E-state index in [0.717, 1.165) is 24.3 Å². The van der Waals surface area contributed by atoms with Gasteiger partial charge in [0.15, 0.2) is 0 Å². The van der Waals surface area contributed by atoms with Crippen molar-refractivity contribution in [1.82, 2.24) is 10.3 Å². The van der Waals surface area contributed by atoms with Crippen molar-refractivity contribution >= 4 is 46.2 Å². The monoisotopic (exact) mass is 488 g/mol. The smallest absolute Gasteiger partial charge is 0.277 e. The number of rotatable bonds is 8. The number of nitro groups is 4. The van der Waals surface area contributed by atoms with Crippen molar-refractivity contribution in [1.29, 1.82) is 0 Å². The zero-order valence-corrected chi connectivity index (χ0v) is 16.6. The van der Waals surface area contributed by atoms with Gasteiger partial charge >= 0.3 is 0 Å². The summed E-state index contributed by atoms with van der Waals surface area (Å²) in [5.74, 6) is -3.35. The summed E-state index contributed by atoms with van der Waals surface area (Å²) in [5, 5.41) is 54.7. The number of aromatic nitrogens is 2. The van der Waals surface area contributed by atoms with Gasteiger partial charge in [0, 0.05) is 24.3 Å². The van der Waals surface area contributed by atoms with E-state index in [4.69, 9.17) is 0 Å². The van der Waals surface area contributed by atoms with Crippen molar-refractivity contribution in [3.8, 4) is 0 Å². The van der Waals surface area contributed by atoms with Crippen LogP contribution in [0.5, 0.6) is 0 Å². The minimum Gasteiger partial charge on any atom is -0.300 e. The molecule has 0 aliphatic heterocycles. The second kappa shape index (κ2) is 9.32. The van der Waals surface area contributed by atoms with E-state index in [1.54, 1.807) is 0 Å². The summed E-state index contributed by atoms with van der Waals surface area (Å²) in [6, 6.07) is 4.26. The molecule has 0 radical (unpaired) electrons. The summed E-state index contributed by atoms with van der Waals surface area (Å²) in [6.45, 7) is 0. The van der Waals surface area contributed by atoms with E-state index in [1.807, 2.05) is 0 Å². The third-order valence-corrected chi connectivity index (χ3v) is 4.13. The Labute approximate surface area is 189 Å². The first-order valence-corrected chi connectivity index (χ1v) is 8.79. The Morgan fingerprint density at radius 3 is 1.14 bits per heavy atom. The fourth-order valence-electron chi connectivity index (χ4n) is 2.59. The predicted molar refractivity (Wildman–Crippen MR) is 110 cm³/mol. The van der Waals surface area contributed by atoms with E-state index >= 15 is 0 Å².